The van der Waals surface area contributed by atoms with Gasteiger partial charge < -0.3 is 9.80 Å². The third kappa shape index (κ3) is 6.60. The van der Waals surface area contributed by atoms with Crippen LogP contribution in [0.2, 0.25) is 0 Å². The van der Waals surface area contributed by atoms with E-state index in [0.717, 1.165) is 44.6 Å². The summed E-state index contributed by atoms with van der Waals surface area (Å²) in [6.07, 6.45) is 4.60. The molecule has 0 aliphatic carbocycles. The number of piperidine rings is 1. The highest BCUT2D eigenvalue weighted by Crippen LogP contribution is 2.19. The van der Waals surface area contributed by atoms with E-state index in [9.17, 15) is 13.2 Å². The molecule has 1 saturated heterocycles. The molecule has 1 amide bonds. The average Bonchev–Trinajstić information content (AvgIpc) is 2.76. The largest absolute Gasteiger partial charge is 0.339 e. The number of sulfonamides is 1. The minimum atomic E-state index is -3.62. The van der Waals surface area contributed by atoms with E-state index in [2.05, 4.69) is 20.7 Å². The smallest absolute Gasteiger partial charge is 0.253 e. The maximum absolute atomic E-state index is 13.0. The Balaban J connectivity index is 1.53. The molecule has 0 atom stereocenters. The average molecular weight is 459 g/mol. The van der Waals surface area contributed by atoms with Crippen molar-refractivity contribution in [3.8, 4) is 0 Å². The van der Waals surface area contributed by atoms with Crippen LogP contribution in [0.25, 0.3) is 0 Å². The standard InChI is InChI=1S/C24H34N4O3S/c1-24(2,3)26-32(30,31)22-10-8-19(9-11-22)23(29)27(4)21-13-17-28(18-14-21)16-12-20-7-5-6-15-25-20/h5-11,15,21,26H,12-14,16-18H2,1-4H3. The third-order valence-corrected chi connectivity index (χ3v) is 7.46. The molecule has 1 aromatic carbocycles. The fourth-order valence-electron chi connectivity index (χ4n) is 3.96. The van der Waals surface area contributed by atoms with Crippen LogP contribution in [0.5, 0.6) is 0 Å². The number of amides is 1. The normalized spacial score (nSPS) is 16.1. The van der Waals surface area contributed by atoms with Gasteiger partial charge in [0.2, 0.25) is 10.0 Å². The molecule has 3 rings (SSSR count). The fourth-order valence-corrected chi connectivity index (χ4v) is 5.38. The molecule has 2 aromatic rings. The zero-order valence-corrected chi connectivity index (χ0v) is 20.2. The van der Waals surface area contributed by atoms with Crippen LogP contribution in [0.15, 0.2) is 53.6 Å². The van der Waals surface area contributed by atoms with Crippen LogP contribution in [-0.4, -0.2) is 67.4 Å². The number of hydrogen-bond acceptors (Lipinski definition) is 5. The lowest BCUT2D eigenvalue weighted by Crippen LogP contribution is -2.46. The van der Waals surface area contributed by atoms with Gasteiger partial charge >= 0.3 is 0 Å². The minimum Gasteiger partial charge on any atom is -0.339 e. The number of benzene rings is 1. The summed E-state index contributed by atoms with van der Waals surface area (Å²) in [5.74, 6) is -0.0790. The molecule has 1 aromatic heterocycles. The van der Waals surface area contributed by atoms with Crippen molar-refractivity contribution in [3.05, 3.63) is 59.9 Å². The molecule has 8 heteroatoms. The molecule has 0 bridgehead atoms. The SMILES string of the molecule is CN(C(=O)c1ccc(S(=O)(=O)NC(C)(C)C)cc1)C1CCN(CCc2ccccn2)CC1. The van der Waals surface area contributed by atoms with Gasteiger partial charge in [-0.3, -0.25) is 9.78 Å². The molecule has 1 aliphatic heterocycles. The Kier molecular flexibility index (Phi) is 7.69. The molecule has 0 unspecified atom stereocenters. The van der Waals surface area contributed by atoms with Gasteiger partial charge in [0.1, 0.15) is 0 Å². The predicted octanol–water partition coefficient (Wildman–Crippen LogP) is 2.94. The van der Waals surface area contributed by atoms with Gasteiger partial charge in [-0.2, -0.15) is 0 Å². The van der Waals surface area contributed by atoms with Crippen molar-refractivity contribution in [3.63, 3.8) is 0 Å². The summed E-state index contributed by atoms with van der Waals surface area (Å²) in [6, 6.07) is 12.4. The van der Waals surface area contributed by atoms with Crippen molar-refractivity contribution in [2.75, 3.05) is 26.7 Å². The van der Waals surface area contributed by atoms with E-state index in [1.165, 1.54) is 12.1 Å². The van der Waals surface area contributed by atoms with Gasteiger partial charge in [0.05, 0.1) is 4.90 Å². The second kappa shape index (κ2) is 10.1. The first-order chi connectivity index (χ1) is 15.0. The summed E-state index contributed by atoms with van der Waals surface area (Å²) in [5.41, 5.74) is 1.03. The summed E-state index contributed by atoms with van der Waals surface area (Å²) in [7, 11) is -1.78. The van der Waals surface area contributed by atoms with Gasteiger partial charge in [0, 0.05) is 62.1 Å². The molecule has 0 spiro atoms. The number of carbonyl (C=O) groups is 1. The van der Waals surface area contributed by atoms with Crippen LogP contribution in [-0.2, 0) is 16.4 Å². The van der Waals surface area contributed by atoms with Crippen molar-refractivity contribution >= 4 is 15.9 Å². The molecule has 1 aliphatic rings. The predicted molar refractivity (Wildman–Crippen MR) is 126 cm³/mol. The van der Waals surface area contributed by atoms with Crippen molar-refractivity contribution in [2.24, 2.45) is 0 Å². The molecule has 32 heavy (non-hydrogen) atoms. The minimum absolute atomic E-state index is 0.0790. The van der Waals surface area contributed by atoms with Crippen LogP contribution in [0, 0.1) is 0 Å². The molecule has 0 radical (unpaired) electrons. The van der Waals surface area contributed by atoms with Gasteiger partial charge in [0.25, 0.3) is 5.91 Å². The van der Waals surface area contributed by atoms with Crippen LogP contribution in [0.1, 0.15) is 49.7 Å². The Labute approximate surface area is 191 Å². The van der Waals surface area contributed by atoms with E-state index in [4.69, 9.17) is 0 Å². The van der Waals surface area contributed by atoms with Crippen LogP contribution < -0.4 is 4.72 Å². The third-order valence-electron chi connectivity index (χ3n) is 5.69. The summed E-state index contributed by atoms with van der Waals surface area (Å²) < 4.78 is 27.6. The maximum Gasteiger partial charge on any atom is 0.253 e. The van der Waals surface area contributed by atoms with E-state index >= 15 is 0 Å². The van der Waals surface area contributed by atoms with Crippen LogP contribution >= 0.6 is 0 Å². The highest BCUT2D eigenvalue weighted by Gasteiger charge is 2.27. The number of aromatic nitrogens is 1. The number of nitrogens with one attached hydrogen (secondary N) is 1. The lowest BCUT2D eigenvalue weighted by Gasteiger charge is -2.36. The van der Waals surface area contributed by atoms with Crippen molar-refractivity contribution in [1.29, 1.82) is 0 Å². The molecule has 0 saturated carbocycles. The monoisotopic (exact) mass is 458 g/mol. The number of nitrogens with zero attached hydrogens (tertiary/aromatic N) is 3. The molecular weight excluding hydrogens is 424 g/mol. The van der Waals surface area contributed by atoms with Gasteiger partial charge in [-0.25, -0.2) is 13.1 Å². The molecule has 1 fully saturated rings. The Bertz CT molecular complexity index is 994. The van der Waals surface area contributed by atoms with E-state index in [-0.39, 0.29) is 16.8 Å². The van der Waals surface area contributed by atoms with Crippen molar-refractivity contribution in [2.45, 2.75) is 56.5 Å². The van der Waals surface area contributed by atoms with Crippen molar-refractivity contribution < 1.29 is 13.2 Å². The van der Waals surface area contributed by atoms with Gasteiger partial charge in [0.15, 0.2) is 0 Å². The van der Waals surface area contributed by atoms with Gasteiger partial charge in [-0.1, -0.05) is 6.07 Å². The maximum atomic E-state index is 13.0. The Hall–Kier alpha value is -2.29. The summed E-state index contributed by atoms with van der Waals surface area (Å²) >= 11 is 0. The Morgan fingerprint density at radius 1 is 1.12 bits per heavy atom. The zero-order chi connectivity index (χ0) is 23.4. The lowest BCUT2D eigenvalue weighted by atomic mass is 10.0. The number of carbonyl (C=O) groups excluding carboxylic acids is 1. The van der Waals surface area contributed by atoms with E-state index in [0.29, 0.717) is 5.56 Å². The van der Waals surface area contributed by atoms with Crippen LogP contribution in [0.4, 0.5) is 0 Å². The lowest BCUT2D eigenvalue weighted by molar-refractivity contribution is 0.0643. The molecule has 2 heterocycles. The Morgan fingerprint density at radius 2 is 1.78 bits per heavy atom. The van der Waals surface area contributed by atoms with Crippen LogP contribution in [0.3, 0.4) is 0 Å². The Morgan fingerprint density at radius 3 is 2.34 bits per heavy atom. The van der Waals surface area contributed by atoms with Crippen molar-refractivity contribution in [1.82, 2.24) is 19.5 Å². The van der Waals surface area contributed by atoms with E-state index in [1.807, 2.05) is 25.4 Å². The fraction of sp³-hybridized carbons (Fsp3) is 0.500. The quantitative estimate of drug-likeness (QED) is 0.690. The highest BCUT2D eigenvalue weighted by molar-refractivity contribution is 7.89. The van der Waals surface area contributed by atoms with E-state index < -0.39 is 15.6 Å². The first kappa shape index (κ1) is 24.4. The number of rotatable bonds is 7. The first-order valence-corrected chi connectivity index (χ1v) is 12.6. The summed E-state index contributed by atoms with van der Waals surface area (Å²) in [6.45, 7) is 8.25. The number of likely N-dealkylation sites (tertiary alicyclic amines) is 1. The summed E-state index contributed by atoms with van der Waals surface area (Å²) in [5, 5.41) is 0. The first-order valence-electron chi connectivity index (χ1n) is 11.1. The van der Waals surface area contributed by atoms with Gasteiger partial charge in [-0.05, 0) is 70.0 Å². The molecule has 7 nitrogen and oxygen atoms in total. The van der Waals surface area contributed by atoms with E-state index in [1.54, 1.807) is 37.8 Å². The number of hydrogen-bond donors (Lipinski definition) is 1. The van der Waals surface area contributed by atoms with Gasteiger partial charge in [-0.15, -0.1) is 0 Å². The topological polar surface area (TPSA) is 82.6 Å². The molecular formula is C24H34N4O3S. The molecule has 1 N–H and O–H groups in total. The number of pyridine rings is 1. The molecule has 174 valence electrons. The zero-order valence-electron chi connectivity index (χ0n) is 19.4. The summed E-state index contributed by atoms with van der Waals surface area (Å²) in [4.78, 5) is 21.7. The highest BCUT2D eigenvalue weighted by atomic mass is 32.2. The second-order valence-corrected chi connectivity index (χ2v) is 11.1. The second-order valence-electron chi connectivity index (χ2n) is 9.44.